The van der Waals surface area contributed by atoms with E-state index in [1.807, 2.05) is 32.9 Å². The van der Waals surface area contributed by atoms with Gasteiger partial charge >= 0.3 is 0 Å². The van der Waals surface area contributed by atoms with E-state index < -0.39 is 16.1 Å². The van der Waals surface area contributed by atoms with Crippen LogP contribution in [0.2, 0.25) is 10.0 Å². The molecule has 2 aromatic rings. The number of nitrogens with one attached hydrogen (secondary N) is 1. The van der Waals surface area contributed by atoms with Gasteiger partial charge in [0.05, 0.1) is 22.0 Å². The Hall–Kier alpha value is -2.29. The molecular weight excluding hydrogens is 521 g/mol. The van der Waals surface area contributed by atoms with Crippen molar-refractivity contribution >= 4 is 50.7 Å². The summed E-state index contributed by atoms with van der Waals surface area (Å²) in [6, 6.07) is 11.8. The molecule has 2 aromatic carbocycles. The standard InChI is InChI=1S/C26H35Cl2N3O4S/c1-5-19-10-13-21(14-11-19)31(36(4,34)35)16-8-9-25(32)30(24(6-2)26(33)29-7-3)18-20-12-15-22(27)23(28)17-20/h10-15,17,24H,5-9,16,18H2,1-4H3,(H,29,33)/t24-/m1/s1. The van der Waals surface area contributed by atoms with Gasteiger partial charge in [-0.3, -0.25) is 13.9 Å². The van der Waals surface area contributed by atoms with Crippen LogP contribution >= 0.6 is 23.2 Å². The molecule has 0 heterocycles. The smallest absolute Gasteiger partial charge is 0.242 e. The third-order valence-electron chi connectivity index (χ3n) is 5.86. The molecule has 2 amide bonds. The van der Waals surface area contributed by atoms with Gasteiger partial charge in [0.1, 0.15) is 6.04 Å². The first-order valence-electron chi connectivity index (χ1n) is 12.1. The molecular formula is C26H35Cl2N3O4S. The number of carbonyl (C=O) groups is 2. The molecule has 1 atom stereocenters. The molecule has 198 valence electrons. The van der Waals surface area contributed by atoms with Crippen LogP contribution in [0.3, 0.4) is 0 Å². The van der Waals surface area contributed by atoms with Gasteiger partial charge in [0.25, 0.3) is 0 Å². The molecule has 0 aliphatic rings. The predicted octanol–water partition coefficient (Wildman–Crippen LogP) is 5.05. The molecule has 7 nitrogen and oxygen atoms in total. The topological polar surface area (TPSA) is 86.8 Å². The van der Waals surface area contributed by atoms with Gasteiger partial charge in [0.15, 0.2) is 0 Å². The maximum absolute atomic E-state index is 13.4. The Balaban J connectivity index is 2.21. The summed E-state index contributed by atoms with van der Waals surface area (Å²) in [5, 5.41) is 3.57. The highest BCUT2D eigenvalue weighted by Crippen LogP contribution is 2.25. The van der Waals surface area contributed by atoms with Gasteiger partial charge < -0.3 is 10.2 Å². The van der Waals surface area contributed by atoms with Gasteiger partial charge in [-0.15, -0.1) is 0 Å². The van der Waals surface area contributed by atoms with E-state index in [2.05, 4.69) is 5.32 Å². The summed E-state index contributed by atoms with van der Waals surface area (Å²) in [4.78, 5) is 27.7. The van der Waals surface area contributed by atoms with E-state index in [1.165, 1.54) is 9.21 Å². The highest BCUT2D eigenvalue weighted by molar-refractivity contribution is 7.92. The summed E-state index contributed by atoms with van der Waals surface area (Å²) < 4.78 is 26.2. The first kappa shape index (κ1) is 29.9. The summed E-state index contributed by atoms with van der Waals surface area (Å²) >= 11 is 12.2. The number of benzene rings is 2. The van der Waals surface area contributed by atoms with E-state index in [1.54, 1.807) is 30.3 Å². The number of halogens is 2. The highest BCUT2D eigenvalue weighted by Gasteiger charge is 2.28. The lowest BCUT2D eigenvalue weighted by Crippen LogP contribution is -2.49. The monoisotopic (exact) mass is 555 g/mol. The molecule has 0 aliphatic heterocycles. The van der Waals surface area contributed by atoms with Crippen molar-refractivity contribution in [1.29, 1.82) is 0 Å². The van der Waals surface area contributed by atoms with Crippen molar-refractivity contribution in [3.05, 3.63) is 63.6 Å². The van der Waals surface area contributed by atoms with E-state index in [0.29, 0.717) is 35.1 Å². The summed E-state index contributed by atoms with van der Waals surface area (Å²) in [6.07, 6.45) is 2.81. The summed E-state index contributed by atoms with van der Waals surface area (Å²) in [5.74, 6) is -0.476. The number of anilines is 1. The molecule has 0 bridgehead atoms. The lowest BCUT2D eigenvalue weighted by molar-refractivity contribution is -0.141. The van der Waals surface area contributed by atoms with Gasteiger partial charge in [-0.05, 0) is 61.6 Å². The second-order valence-electron chi connectivity index (χ2n) is 8.55. The van der Waals surface area contributed by atoms with Crippen LogP contribution in [0, 0.1) is 0 Å². The molecule has 0 spiro atoms. The molecule has 1 N–H and O–H groups in total. The maximum Gasteiger partial charge on any atom is 0.242 e. The first-order valence-corrected chi connectivity index (χ1v) is 14.7. The number of sulfonamides is 1. The number of hydrogen-bond acceptors (Lipinski definition) is 4. The number of amides is 2. The molecule has 0 unspecified atom stereocenters. The lowest BCUT2D eigenvalue weighted by Gasteiger charge is -2.31. The fourth-order valence-corrected chi connectivity index (χ4v) is 5.23. The lowest BCUT2D eigenvalue weighted by atomic mass is 10.1. The summed E-state index contributed by atoms with van der Waals surface area (Å²) in [6.45, 7) is 6.48. The molecule has 0 saturated carbocycles. The van der Waals surface area contributed by atoms with Crippen LogP contribution in [-0.4, -0.2) is 50.5 Å². The SMILES string of the molecule is CCNC(=O)[C@@H](CC)N(Cc1ccc(Cl)c(Cl)c1)C(=O)CCCN(c1ccc(CC)cc1)S(C)(=O)=O. The Labute approximate surface area is 224 Å². The van der Waals surface area contributed by atoms with Gasteiger partial charge in [-0.1, -0.05) is 55.2 Å². The number of carbonyl (C=O) groups excluding carboxylic acids is 2. The van der Waals surface area contributed by atoms with Gasteiger partial charge in [-0.2, -0.15) is 0 Å². The first-order chi connectivity index (χ1) is 17.0. The van der Waals surface area contributed by atoms with Crippen molar-refractivity contribution in [2.24, 2.45) is 0 Å². The van der Waals surface area contributed by atoms with Gasteiger partial charge in [0, 0.05) is 26.1 Å². The molecule has 2 rings (SSSR count). The van der Waals surface area contributed by atoms with Crippen molar-refractivity contribution in [1.82, 2.24) is 10.2 Å². The van der Waals surface area contributed by atoms with E-state index in [9.17, 15) is 18.0 Å². The molecule has 0 aliphatic carbocycles. The average molecular weight is 557 g/mol. The molecule has 0 aromatic heterocycles. The maximum atomic E-state index is 13.4. The molecule has 0 saturated heterocycles. The zero-order valence-corrected chi connectivity index (χ0v) is 23.6. The highest BCUT2D eigenvalue weighted by atomic mass is 35.5. The Bertz CT molecular complexity index is 1140. The van der Waals surface area contributed by atoms with E-state index in [0.717, 1.165) is 23.8 Å². The third-order valence-corrected chi connectivity index (χ3v) is 7.79. The number of likely N-dealkylation sites (N-methyl/N-ethyl adjacent to an activating group) is 1. The second kappa shape index (κ2) is 13.9. The Morgan fingerprint density at radius 3 is 2.14 bits per heavy atom. The summed E-state index contributed by atoms with van der Waals surface area (Å²) in [7, 11) is -3.54. The average Bonchev–Trinajstić information content (AvgIpc) is 2.83. The molecule has 0 fully saturated rings. The normalized spacial score (nSPS) is 12.2. The fourth-order valence-electron chi connectivity index (χ4n) is 3.95. The van der Waals surface area contributed by atoms with Crippen LogP contribution in [0.1, 0.15) is 51.2 Å². The van der Waals surface area contributed by atoms with Crippen molar-refractivity contribution in [2.45, 2.75) is 59.0 Å². The third kappa shape index (κ3) is 8.39. The Morgan fingerprint density at radius 2 is 1.61 bits per heavy atom. The Kier molecular flexibility index (Phi) is 11.5. The molecule has 0 radical (unpaired) electrons. The van der Waals surface area contributed by atoms with Crippen LogP contribution < -0.4 is 9.62 Å². The molecule has 10 heteroatoms. The van der Waals surface area contributed by atoms with Crippen molar-refractivity contribution in [3.63, 3.8) is 0 Å². The largest absolute Gasteiger partial charge is 0.355 e. The minimum atomic E-state index is -3.54. The van der Waals surface area contributed by atoms with Crippen molar-refractivity contribution < 1.29 is 18.0 Å². The minimum absolute atomic E-state index is 0.0797. The van der Waals surface area contributed by atoms with E-state index in [-0.39, 0.29) is 31.3 Å². The fraction of sp³-hybridized carbons (Fsp3) is 0.462. The van der Waals surface area contributed by atoms with Crippen molar-refractivity contribution in [2.75, 3.05) is 23.7 Å². The van der Waals surface area contributed by atoms with Crippen molar-refractivity contribution in [3.8, 4) is 0 Å². The van der Waals surface area contributed by atoms with E-state index in [4.69, 9.17) is 23.2 Å². The van der Waals surface area contributed by atoms with E-state index >= 15 is 0 Å². The number of aryl methyl sites for hydroxylation is 1. The van der Waals surface area contributed by atoms with Crippen LogP contribution in [0.5, 0.6) is 0 Å². The van der Waals surface area contributed by atoms with Crippen LogP contribution in [0.4, 0.5) is 5.69 Å². The van der Waals surface area contributed by atoms with Crippen LogP contribution in [-0.2, 0) is 32.6 Å². The zero-order chi connectivity index (χ0) is 26.9. The predicted molar refractivity (Wildman–Crippen MR) is 147 cm³/mol. The minimum Gasteiger partial charge on any atom is -0.355 e. The number of hydrogen-bond donors (Lipinski definition) is 1. The summed E-state index contributed by atoms with van der Waals surface area (Å²) in [5.41, 5.74) is 2.41. The number of rotatable bonds is 13. The van der Waals surface area contributed by atoms with Crippen LogP contribution in [0.25, 0.3) is 0 Å². The van der Waals surface area contributed by atoms with Crippen LogP contribution in [0.15, 0.2) is 42.5 Å². The van der Waals surface area contributed by atoms with Gasteiger partial charge in [-0.25, -0.2) is 8.42 Å². The zero-order valence-electron chi connectivity index (χ0n) is 21.3. The second-order valence-corrected chi connectivity index (χ2v) is 11.3. The Morgan fingerprint density at radius 1 is 0.972 bits per heavy atom. The quantitative estimate of drug-likeness (QED) is 0.374. The van der Waals surface area contributed by atoms with Gasteiger partial charge in [0.2, 0.25) is 21.8 Å². The molecule has 36 heavy (non-hydrogen) atoms. The number of nitrogens with zero attached hydrogens (tertiary/aromatic N) is 2.